The Morgan fingerprint density at radius 2 is 1.81 bits per heavy atom. The van der Waals surface area contributed by atoms with Crippen molar-refractivity contribution in [3.63, 3.8) is 0 Å². The van der Waals surface area contributed by atoms with Gasteiger partial charge in [-0.2, -0.15) is 0 Å². The van der Waals surface area contributed by atoms with Gasteiger partial charge in [-0.05, 0) is 61.1 Å². The Morgan fingerprint density at radius 1 is 1.14 bits per heavy atom. The van der Waals surface area contributed by atoms with Crippen LogP contribution in [0.5, 0.6) is 5.75 Å². The van der Waals surface area contributed by atoms with Crippen LogP contribution in [0.2, 0.25) is 0 Å². The number of rotatable bonds is 5. The summed E-state index contributed by atoms with van der Waals surface area (Å²) in [6, 6.07) is 8.69. The Kier molecular flexibility index (Phi) is 4.32. The predicted octanol–water partition coefficient (Wildman–Crippen LogP) is 4.87. The first-order valence-corrected chi connectivity index (χ1v) is 8.45. The first-order valence-electron chi connectivity index (χ1n) is 8.45. The van der Waals surface area contributed by atoms with Crippen molar-refractivity contribution in [1.29, 1.82) is 0 Å². The normalized spacial score (nSPS) is 21.3. The zero-order valence-electron chi connectivity index (χ0n) is 13.1. The highest BCUT2D eigenvalue weighted by Crippen LogP contribution is 2.52. The van der Waals surface area contributed by atoms with Gasteiger partial charge in [-0.3, -0.25) is 4.79 Å². The molecule has 0 saturated heterocycles. The molecule has 3 rings (SSSR count). The number of benzene rings is 1. The fraction of sp³-hybridized carbons (Fsp3) is 0.632. The molecule has 0 amide bonds. The van der Waals surface area contributed by atoms with E-state index in [0.29, 0.717) is 17.1 Å². The molecule has 2 nitrogen and oxygen atoms in total. The minimum absolute atomic E-state index is 0.400. The van der Waals surface area contributed by atoms with Crippen molar-refractivity contribution in [3.05, 3.63) is 29.8 Å². The van der Waals surface area contributed by atoms with Gasteiger partial charge >= 0.3 is 0 Å². The summed E-state index contributed by atoms with van der Waals surface area (Å²) in [5, 5.41) is 0. The van der Waals surface area contributed by atoms with E-state index in [-0.39, 0.29) is 0 Å². The van der Waals surface area contributed by atoms with Gasteiger partial charge in [-0.1, -0.05) is 25.5 Å². The van der Waals surface area contributed by atoms with Crippen LogP contribution in [0.4, 0.5) is 0 Å². The molecule has 2 aliphatic carbocycles. The minimum Gasteiger partial charge on any atom is -0.494 e. The van der Waals surface area contributed by atoms with E-state index in [0.717, 1.165) is 31.6 Å². The molecule has 0 bridgehead atoms. The van der Waals surface area contributed by atoms with Crippen molar-refractivity contribution in [2.75, 3.05) is 6.61 Å². The molecule has 2 saturated carbocycles. The van der Waals surface area contributed by atoms with Crippen LogP contribution in [0.1, 0.15) is 69.8 Å². The maximum atomic E-state index is 11.3. The third kappa shape index (κ3) is 3.30. The number of Topliss-reactive ketones (excluding diaryl/α,β-unsaturated/α-hetero) is 1. The van der Waals surface area contributed by atoms with E-state index in [1.165, 1.54) is 37.7 Å². The summed E-state index contributed by atoms with van der Waals surface area (Å²) in [7, 11) is 0. The third-order valence-corrected chi connectivity index (χ3v) is 5.31. The molecule has 1 aromatic rings. The van der Waals surface area contributed by atoms with Gasteiger partial charge in [0.1, 0.15) is 11.5 Å². The lowest BCUT2D eigenvalue weighted by Crippen LogP contribution is -2.40. The van der Waals surface area contributed by atoms with Crippen LogP contribution in [0.25, 0.3) is 0 Å². The Hall–Kier alpha value is -1.31. The van der Waals surface area contributed by atoms with E-state index < -0.39 is 0 Å². The van der Waals surface area contributed by atoms with E-state index in [9.17, 15) is 4.79 Å². The molecular weight excluding hydrogens is 260 g/mol. The molecule has 0 heterocycles. The molecule has 1 aromatic carbocycles. The second-order valence-corrected chi connectivity index (χ2v) is 6.94. The first kappa shape index (κ1) is 14.6. The first-order chi connectivity index (χ1) is 10.2. The van der Waals surface area contributed by atoms with Crippen molar-refractivity contribution in [1.82, 2.24) is 0 Å². The fourth-order valence-corrected chi connectivity index (χ4v) is 3.87. The molecule has 2 fully saturated rings. The highest BCUT2D eigenvalue weighted by molar-refractivity contribution is 5.86. The molecule has 0 unspecified atom stereocenters. The van der Waals surface area contributed by atoms with Gasteiger partial charge in [0, 0.05) is 12.8 Å². The Bertz CT molecular complexity index is 471. The third-order valence-electron chi connectivity index (χ3n) is 5.31. The van der Waals surface area contributed by atoms with Crippen LogP contribution in [0.15, 0.2) is 24.3 Å². The van der Waals surface area contributed by atoms with Crippen molar-refractivity contribution in [2.45, 2.75) is 64.2 Å². The number of unbranched alkanes of at least 4 members (excludes halogenated alkanes) is 1. The fourth-order valence-electron chi connectivity index (χ4n) is 3.87. The Balaban J connectivity index is 1.52. The molecule has 0 aromatic heterocycles. The number of ether oxygens (including phenoxy) is 1. The number of carbonyl (C=O) groups excluding carboxylic acids is 1. The molecule has 0 aliphatic heterocycles. The zero-order valence-corrected chi connectivity index (χ0v) is 13.1. The number of carbonyl (C=O) groups is 1. The van der Waals surface area contributed by atoms with E-state index >= 15 is 0 Å². The summed E-state index contributed by atoms with van der Waals surface area (Å²) in [5.74, 6) is 2.14. The van der Waals surface area contributed by atoms with Crippen LogP contribution in [-0.4, -0.2) is 12.4 Å². The quantitative estimate of drug-likeness (QED) is 0.722. The summed E-state index contributed by atoms with van der Waals surface area (Å²) < 4.78 is 5.72. The summed E-state index contributed by atoms with van der Waals surface area (Å²) in [6.07, 6.45) is 8.94. The summed E-state index contributed by atoms with van der Waals surface area (Å²) in [5.41, 5.74) is 1.84. The SMILES string of the molecule is CCCCOc1ccc(C2CCC3(CC2)CC(=O)C3)cc1. The molecule has 114 valence electrons. The van der Waals surface area contributed by atoms with Gasteiger partial charge in [0.2, 0.25) is 0 Å². The van der Waals surface area contributed by atoms with Crippen LogP contribution in [-0.2, 0) is 4.79 Å². The zero-order chi connectivity index (χ0) is 14.7. The topological polar surface area (TPSA) is 26.3 Å². The van der Waals surface area contributed by atoms with Crippen molar-refractivity contribution < 1.29 is 9.53 Å². The lowest BCUT2D eigenvalue weighted by atomic mass is 9.58. The summed E-state index contributed by atoms with van der Waals surface area (Å²) >= 11 is 0. The van der Waals surface area contributed by atoms with Crippen molar-refractivity contribution >= 4 is 5.78 Å². The highest BCUT2D eigenvalue weighted by Gasteiger charge is 2.45. The van der Waals surface area contributed by atoms with Crippen molar-refractivity contribution in [2.24, 2.45) is 5.41 Å². The van der Waals surface area contributed by atoms with Gasteiger partial charge in [-0.15, -0.1) is 0 Å². The van der Waals surface area contributed by atoms with Gasteiger partial charge in [0.05, 0.1) is 6.61 Å². The lowest BCUT2D eigenvalue weighted by Gasteiger charge is -2.45. The summed E-state index contributed by atoms with van der Waals surface area (Å²) in [6.45, 7) is 2.99. The number of hydrogen-bond acceptors (Lipinski definition) is 2. The average molecular weight is 286 g/mol. The van der Waals surface area contributed by atoms with Gasteiger partial charge < -0.3 is 4.74 Å². The molecule has 0 radical (unpaired) electrons. The molecule has 2 aliphatic rings. The Morgan fingerprint density at radius 3 is 2.38 bits per heavy atom. The van der Waals surface area contributed by atoms with Crippen LogP contribution in [0.3, 0.4) is 0 Å². The lowest BCUT2D eigenvalue weighted by molar-refractivity contribution is -0.134. The molecule has 2 heteroatoms. The number of hydrogen-bond donors (Lipinski definition) is 0. The van der Waals surface area contributed by atoms with E-state index in [2.05, 4.69) is 31.2 Å². The van der Waals surface area contributed by atoms with E-state index in [4.69, 9.17) is 4.74 Å². The second-order valence-electron chi connectivity index (χ2n) is 6.94. The van der Waals surface area contributed by atoms with Gasteiger partial charge in [0.15, 0.2) is 0 Å². The number of ketones is 1. The molecule has 21 heavy (non-hydrogen) atoms. The van der Waals surface area contributed by atoms with Gasteiger partial charge in [-0.25, -0.2) is 0 Å². The van der Waals surface area contributed by atoms with Crippen molar-refractivity contribution in [3.8, 4) is 5.75 Å². The van der Waals surface area contributed by atoms with E-state index in [1.807, 2.05) is 0 Å². The molecular formula is C19H26O2. The summed E-state index contributed by atoms with van der Waals surface area (Å²) in [4.78, 5) is 11.3. The smallest absolute Gasteiger partial charge is 0.134 e. The highest BCUT2D eigenvalue weighted by atomic mass is 16.5. The minimum atomic E-state index is 0.400. The maximum Gasteiger partial charge on any atom is 0.134 e. The molecule has 0 N–H and O–H groups in total. The standard InChI is InChI=1S/C19H26O2/c1-2-3-12-21-18-6-4-15(5-7-18)16-8-10-19(11-9-16)13-17(20)14-19/h4-7,16H,2-3,8-14H2,1H3. The molecule has 1 spiro atoms. The van der Waals surface area contributed by atoms with Crippen LogP contribution in [0, 0.1) is 5.41 Å². The second kappa shape index (κ2) is 6.21. The monoisotopic (exact) mass is 286 g/mol. The largest absolute Gasteiger partial charge is 0.494 e. The van der Waals surface area contributed by atoms with Crippen LogP contribution >= 0.6 is 0 Å². The van der Waals surface area contributed by atoms with Crippen LogP contribution < -0.4 is 4.74 Å². The van der Waals surface area contributed by atoms with E-state index in [1.54, 1.807) is 0 Å². The molecule has 0 atom stereocenters. The Labute approximate surface area is 127 Å². The maximum absolute atomic E-state index is 11.3. The van der Waals surface area contributed by atoms with Gasteiger partial charge in [0.25, 0.3) is 0 Å². The average Bonchev–Trinajstić information content (AvgIpc) is 2.48. The predicted molar refractivity (Wildman–Crippen MR) is 84.7 cm³/mol.